The molecule has 0 aliphatic carbocycles. The van der Waals surface area contributed by atoms with Crippen LogP contribution >= 0.6 is 15.9 Å². The van der Waals surface area contributed by atoms with E-state index >= 15 is 0 Å². The lowest BCUT2D eigenvalue weighted by molar-refractivity contribution is -0.116. The van der Waals surface area contributed by atoms with Crippen molar-refractivity contribution < 1.29 is 13.6 Å². The van der Waals surface area contributed by atoms with Crippen molar-refractivity contribution in [2.75, 3.05) is 5.32 Å². The van der Waals surface area contributed by atoms with Crippen LogP contribution in [0.5, 0.6) is 0 Å². The van der Waals surface area contributed by atoms with Gasteiger partial charge in [0.05, 0.1) is 16.6 Å². The quantitative estimate of drug-likeness (QED) is 0.803. The number of carbonyl (C=O) groups excluding carboxylic acids is 1. The van der Waals surface area contributed by atoms with Gasteiger partial charge in [-0.2, -0.15) is 0 Å². The summed E-state index contributed by atoms with van der Waals surface area (Å²) in [5.41, 5.74) is 0.729. The molecule has 5 nitrogen and oxygen atoms in total. The first-order valence-electron chi connectivity index (χ1n) is 6.18. The SMILES string of the molecule is CC(C)(C)S(=O)O.CCCC(=O)Nc1cncc(Br)c1. The first kappa shape index (κ1) is 19.2. The molecule has 114 valence electrons. The molecule has 1 heterocycles. The van der Waals surface area contributed by atoms with Crippen LogP contribution in [0.4, 0.5) is 5.69 Å². The number of rotatable bonds is 3. The molecule has 0 aromatic carbocycles. The Labute approximate surface area is 131 Å². The Morgan fingerprint density at radius 2 is 2.00 bits per heavy atom. The van der Waals surface area contributed by atoms with Gasteiger partial charge in [-0.1, -0.05) is 6.92 Å². The van der Waals surface area contributed by atoms with Gasteiger partial charge in [0.25, 0.3) is 0 Å². The molecule has 1 aromatic rings. The van der Waals surface area contributed by atoms with Gasteiger partial charge < -0.3 is 9.87 Å². The van der Waals surface area contributed by atoms with Crippen LogP contribution in [0.1, 0.15) is 40.5 Å². The maximum Gasteiger partial charge on any atom is 0.224 e. The zero-order valence-electron chi connectivity index (χ0n) is 12.1. The van der Waals surface area contributed by atoms with Gasteiger partial charge in [0.1, 0.15) is 0 Å². The maximum atomic E-state index is 11.2. The summed E-state index contributed by atoms with van der Waals surface area (Å²) in [6, 6.07) is 1.82. The largest absolute Gasteiger partial charge is 0.325 e. The predicted octanol–water partition coefficient (Wildman–Crippen LogP) is 3.59. The summed E-state index contributed by atoms with van der Waals surface area (Å²) in [6.45, 7) is 7.11. The van der Waals surface area contributed by atoms with Crippen molar-refractivity contribution in [1.29, 1.82) is 0 Å². The minimum absolute atomic E-state index is 0.0300. The monoisotopic (exact) mass is 364 g/mol. The van der Waals surface area contributed by atoms with Gasteiger partial charge in [-0.05, 0) is 49.2 Å². The van der Waals surface area contributed by atoms with E-state index in [2.05, 4.69) is 26.2 Å². The van der Waals surface area contributed by atoms with Crippen molar-refractivity contribution >= 4 is 38.6 Å². The highest BCUT2D eigenvalue weighted by Crippen LogP contribution is 2.13. The number of pyridine rings is 1. The van der Waals surface area contributed by atoms with Gasteiger partial charge in [0.15, 0.2) is 11.1 Å². The molecular formula is C13H21BrN2O3S. The van der Waals surface area contributed by atoms with Crippen LogP contribution in [0.15, 0.2) is 22.9 Å². The van der Waals surface area contributed by atoms with Crippen LogP contribution in [0.2, 0.25) is 0 Å². The lowest BCUT2D eigenvalue weighted by atomic mass is 10.3. The minimum Gasteiger partial charge on any atom is -0.325 e. The molecule has 0 aliphatic rings. The Morgan fingerprint density at radius 1 is 1.45 bits per heavy atom. The number of amides is 1. The molecule has 20 heavy (non-hydrogen) atoms. The fraction of sp³-hybridized carbons (Fsp3) is 0.538. The second-order valence-electron chi connectivity index (χ2n) is 5.05. The highest BCUT2D eigenvalue weighted by Gasteiger charge is 2.16. The fourth-order valence-electron chi connectivity index (χ4n) is 0.931. The van der Waals surface area contributed by atoms with E-state index < -0.39 is 15.8 Å². The summed E-state index contributed by atoms with van der Waals surface area (Å²) in [7, 11) is 0. The van der Waals surface area contributed by atoms with Crippen LogP contribution in [0, 0.1) is 0 Å². The molecule has 0 spiro atoms. The maximum absolute atomic E-state index is 11.2. The zero-order valence-corrected chi connectivity index (χ0v) is 14.5. The first-order valence-corrected chi connectivity index (χ1v) is 8.08. The molecule has 1 unspecified atom stereocenters. The highest BCUT2D eigenvalue weighted by atomic mass is 79.9. The number of carbonyl (C=O) groups is 1. The third-order valence-corrected chi connectivity index (χ3v) is 3.47. The summed E-state index contributed by atoms with van der Waals surface area (Å²) < 4.78 is 18.9. The van der Waals surface area contributed by atoms with Crippen LogP contribution < -0.4 is 5.32 Å². The average molecular weight is 365 g/mol. The fourth-order valence-corrected chi connectivity index (χ4v) is 1.30. The van der Waals surface area contributed by atoms with E-state index in [1.165, 1.54) is 0 Å². The van der Waals surface area contributed by atoms with Crippen LogP contribution in [0.25, 0.3) is 0 Å². The third kappa shape index (κ3) is 9.17. The first-order chi connectivity index (χ1) is 9.16. The summed E-state index contributed by atoms with van der Waals surface area (Å²) in [4.78, 5) is 15.1. The van der Waals surface area contributed by atoms with Crippen molar-refractivity contribution in [3.05, 3.63) is 22.9 Å². The van der Waals surface area contributed by atoms with Gasteiger partial charge in [-0.25, -0.2) is 4.21 Å². The number of hydrogen-bond acceptors (Lipinski definition) is 3. The lowest BCUT2D eigenvalue weighted by Crippen LogP contribution is -2.20. The van der Waals surface area contributed by atoms with E-state index in [4.69, 9.17) is 4.55 Å². The van der Waals surface area contributed by atoms with Gasteiger partial charge in [-0.3, -0.25) is 9.78 Å². The summed E-state index contributed by atoms with van der Waals surface area (Å²) in [6.07, 6.45) is 4.70. The second kappa shape index (κ2) is 9.20. The normalized spacial score (nSPS) is 12.1. The number of halogens is 1. The molecule has 1 atom stereocenters. The molecular weight excluding hydrogens is 344 g/mol. The smallest absolute Gasteiger partial charge is 0.224 e. The van der Waals surface area contributed by atoms with Crippen molar-refractivity contribution in [2.24, 2.45) is 0 Å². The Morgan fingerprint density at radius 3 is 2.40 bits per heavy atom. The van der Waals surface area contributed by atoms with E-state index in [-0.39, 0.29) is 5.91 Å². The molecule has 0 saturated heterocycles. The second-order valence-corrected chi connectivity index (χ2v) is 7.69. The lowest BCUT2D eigenvalue weighted by Gasteiger charge is -2.10. The summed E-state index contributed by atoms with van der Waals surface area (Å²) >= 11 is 1.59. The molecule has 0 radical (unpaired) electrons. The minimum atomic E-state index is -1.68. The third-order valence-electron chi connectivity index (χ3n) is 1.99. The number of nitrogens with zero attached hydrogens (tertiary/aromatic N) is 1. The van der Waals surface area contributed by atoms with E-state index in [1.54, 1.807) is 33.2 Å². The summed E-state index contributed by atoms with van der Waals surface area (Å²) in [5.74, 6) is 0.0300. The van der Waals surface area contributed by atoms with Crippen molar-refractivity contribution in [3.63, 3.8) is 0 Å². The highest BCUT2D eigenvalue weighted by molar-refractivity contribution is 9.10. The van der Waals surface area contributed by atoms with Crippen molar-refractivity contribution in [3.8, 4) is 0 Å². The molecule has 0 bridgehead atoms. The van der Waals surface area contributed by atoms with Crippen molar-refractivity contribution in [2.45, 2.75) is 45.3 Å². The Balaban J connectivity index is 0.000000441. The standard InChI is InChI=1S/C9H11BrN2O.C4H10O2S/c1-2-3-9(13)12-8-4-7(10)5-11-6-8;1-4(2,3)7(5)6/h4-6H,2-3H2,1H3,(H,12,13);1-3H3,(H,5,6). The number of aromatic nitrogens is 1. The van der Waals surface area contributed by atoms with Gasteiger partial charge in [0.2, 0.25) is 5.91 Å². The average Bonchev–Trinajstić information content (AvgIpc) is 2.28. The molecule has 1 aromatic heterocycles. The van der Waals surface area contributed by atoms with E-state index in [1.807, 2.05) is 13.0 Å². The van der Waals surface area contributed by atoms with E-state index in [0.29, 0.717) is 6.42 Å². The molecule has 0 saturated carbocycles. The van der Waals surface area contributed by atoms with Crippen molar-refractivity contribution in [1.82, 2.24) is 4.98 Å². The molecule has 7 heteroatoms. The van der Waals surface area contributed by atoms with Gasteiger partial charge in [-0.15, -0.1) is 0 Å². The van der Waals surface area contributed by atoms with E-state index in [0.717, 1.165) is 16.6 Å². The zero-order chi connectivity index (χ0) is 15.8. The number of anilines is 1. The number of hydrogen-bond donors (Lipinski definition) is 2. The molecule has 0 aliphatic heterocycles. The topological polar surface area (TPSA) is 79.3 Å². The molecule has 0 fully saturated rings. The van der Waals surface area contributed by atoms with Crippen LogP contribution in [-0.4, -0.2) is 24.4 Å². The molecule has 1 rings (SSSR count). The predicted molar refractivity (Wildman–Crippen MR) is 86.0 cm³/mol. The van der Waals surface area contributed by atoms with Crippen LogP contribution in [0.3, 0.4) is 0 Å². The Hall–Kier alpha value is -0.790. The Kier molecular flexibility index (Phi) is 8.84. The number of nitrogens with one attached hydrogen (secondary N) is 1. The van der Waals surface area contributed by atoms with Crippen LogP contribution in [-0.2, 0) is 15.9 Å². The molecule has 2 N–H and O–H groups in total. The van der Waals surface area contributed by atoms with E-state index in [9.17, 15) is 9.00 Å². The Bertz CT molecular complexity index is 461. The van der Waals surface area contributed by atoms with Gasteiger partial charge in [0, 0.05) is 17.1 Å². The summed E-state index contributed by atoms with van der Waals surface area (Å²) in [5, 5.41) is 2.75. The molecule has 1 amide bonds. The van der Waals surface area contributed by atoms with Gasteiger partial charge >= 0.3 is 0 Å².